The zero-order valence-corrected chi connectivity index (χ0v) is 17.9. The van der Waals surface area contributed by atoms with E-state index in [0.29, 0.717) is 18.8 Å². The maximum Gasteiger partial charge on any atom is 0.289 e. The molecule has 0 radical (unpaired) electrons. The number of nitrogens with zero attached hydrogens (tertiary/aromatic N) is 2. The molecule has 0 saturated carbocycles. The highest BCUT2D eigenvalue weighted by atomic mass is 19.1. The number of rotatable bonds is 8. The molecule has 2 aromatic carbocycles. The van der Waals surface area contributed by atoms with Crippen molar-refractivity contribution in [1.82, 2.24) is 4.90 Å². The molecule has 1 heterocycles. The van der Waals surface area contributed by atoms with Gasteiger partial charge in [-0.05, 0) is 60.5 Å². The molecule has 0 unspecified atom stereocenters. The molecule has 0 aliphatic heterocycles. The monoisotopic (exact) mass is 423 g/mol. The van der Waals surface area contributed by atoms with Crippen LogP contribution in [-0.4, -0.2) is 37.4 Å². The van der Waals surface area contributed by atoms with Gasteiger partial charge in [0.05, 0.1) is 6.26 Å². The van der Waals surface area contributed by atoms with E-state index in [1.165, 1.54) is 24.5 Å². The Labute approximate surface area is 181 Å². The van der Waals surface area contributed by atoms with Crippen LogP contribution in [0.3, 0.4) is 0 Å². The van der Waals surface area contributed by atoms with Gasteiger partial charge >= 0.3 is 0 Å². The lowest BCUT2D eigenvalue weighted by Gasteiger charge is -2.25. The van der Waals surface area contributed by atoms with Crippen LogP contribution in [0, 0.1) is 5.82 Å². The molecule has 7 heteroatoms. The van der Waals surface area contributed by atoms with Gasteiger partial charge in [-0.25, -0.2) is 4.39 Å². The van der Waals surface area contributed by atoms with Gasteiger partial charge in [-0.3, -0.25) is 9.59 Å². The zero-order chi connectivity index (χ0) is 22.4. The smallest absolute Gasteiger partial charge is 0.289 e. The van der Waals surface area contributed by atoms with E-state index in [-0.39, 0.29) is 17.2 Å². The van der Waals surface area contributed by atoms with E-state index < -0.39 is 11.7 Å². The van der Waals surface area contributed by atoms with Crippen LogP contribution in [-0.2, 0) is 6.54 Å². The lowest BCUT2D eigenvalue weighted by atomic mass is 10.1. The first kappa shape index (κ1) is 22.1. The summed E-state index contributed by atoms with van der Waals surface area (Å²) in [4.78, 5) is 29.1. The van der Waals surface area contributed by atoms with Crippen molar-refractivity contribution in [2.75, 3.05) is 30.9 Å². The van der Waals surface area contributed by atoms with E-state index in [1.807, 2.05) is 38.1 Å². The minimum absolute atomic E-state index is 0.189. The standard InChI is InChI=1S/C24H26FN3O3/c1-4-12-28(24(30)22-9-6-13-31-22)16-18-15-20(10-11-21(18)27(2)3)26-23(29)17-7-5-8-19(25)14-17/h5-11,13-15H,4,12,16H2,1-3H3,(H,26,29). The van der Waals surface area contributed by atoms with Crippen LogP contribution in [0.25, 0.3) is 0 Å². The third-order valence-electron chi connectivity index (χ3n) is 4.78. The van der Waals surface area contributed by atoms with Crippen LogP contribution >= 0.6 is 0 Å². The molecule has 2 amide bonds. The summed E-state index contributed by atoms with van der Waals surface area (Å²) in [5.74, 6) is -0.774. The number of benzene rings is 2. The first-order valence-electron chi connectivity index (χ1n) is 10.1. The molecular weight excluding hydrogens is 397 g/mol. The topological polar surface area (TPSA) is 65.8 Å². The molecule has 6 nitrogen and oxygen atoms in total. The Bertz CT molecular complexity index is 1050. The minimum Gasteiger partial charge on any atom is -0.459 e. The highest BCUT2D eigenvalue weighted by Crippen LogP contribution is 2.26. The maximum atomic E-state index is 13.4. The lowest BCUT2D eigenvalue weighted by molar-refractivity contribution is 0.0711. The molecule has 0 saturated heterocycles. The van der Waals surface area contributed by atoms with E-state index >= 15 is 0 Å². The van der Waals surface area contributed by atoms with Gasteiger partial charge in [0, 0.05) is 44.1 Å². The second kappa shape index (κ2) is 9.93. The highest BCUT2D eigenvalue weighted by Gasteiger charge is 2.20. The first-order valence-corrected chi connectivity index (χ1v) is 10.1. The summed E-state index contributed by atoms with van der Waals surface area (Å²) < 4.78 is 18.7. The van der Waals surface area contributed by atoms with E-state index in [2.05, 4.69) is 5.32 Å². The molecule has 0 bridgehead atoms. The quantitative estimate of drug-likeness (QED) is 0.566. The number of hydrogen-bond acceptors (Lipinski definition) is 4. The number of amides is 2. The number of carbonyl (C=O) groups excluding carboxylic acids is 2. The van der Waals surface area contributed by atoms with Crippen molar-refractivity contribution in [3.05, 3.63) is 83.6 Å². The van der Waals surface area contributed by atoms with Gasteiger partial charge in [0.25, 0.3) is 11.8 Å². The Morgan fingerprint density at radius 1 is 1.06 bits per heavy atom. The van der Waals surface area contributed by atoms with Crippen molar-refractivity contribution < 1.29 is 18.4 Å². The van der Waals surface area contributed by atoms with Gasteiger partial charge in [0.2, 0.25) is 0 Å². The first-order chi connectivity index (χ1) is 14.9. The molecule has 3 aromatic rings. The van der Waals surface area contributed by atoms with Gasteiger partial charge in [-0.2, -0.15) is 0 Å². The predicted molar refractivity (Wildman–Crippen MR) is 119 cm³/mol. The van der Waals surface area contributed by atoms with Crippen LogP contribution in [0.4, 0.5) is 15.8 Å². The number of nitrogens with one attached hydrogen (secondary N) is 1. The number of halogens is 1. The van der Waals surface area contributed by atoms with E-state index in [1.54, 1.807) is 29.2 Å². The normalized spacial score (nSPS) is 10.6. The van der Waals surface area contributed by atoms with Crippen molar-refractivity contribution in [3.63, 3.8) is 0 Å². The summed E-state index contributed by atoms with van der Waals surface area (Å²) in [6, 6.07) is 14.4. The fourth-order valence-electron chi connectivity index (χ4n) is 3.34. The minimum atomic E-state index is -0.469. The summed E-state index contributed by atoms with van der Waals surface area (Å²) in [5.41, 5.74) is 2.60. The predicted octanol–water partition coefficient (Wildman–Crippen LogP) is 4.79. The third-order valence-corrected chi connectivity index (χ3v) is 4.78. The number of anilines is 2. The summed E-state index contributed by atoms with van der Waals surface area (Å²) in [6.45, 7) is 2.92. The van der Waals surface area contributed by atoms with Crippen LogP contribution in [0.15, 0.2) is 65.3 Å². The fourth-order valence-corrected chi connectivity index (χ4v) is 3.34. The van der Waals surface area contributed by atoms with Gasteiger partial charge < -0.3 is 19.5 Å². The Morgan fingerprint density at radius 2 is 1.87 bits per heavy atom. The molecule has 162 valence electrons. The number of hydrogen-bond donors (Lipinski definition) is 1. The summed E-state index contributed by atoms with van der Waals surface area (Å²) in [7, 11) is 3.84. The SMILES string of the molecule is CCCN(Cc1cc(NC(=O)c2cccc(F)c2)ccc1N(C)C)C(=O)c1ccco1. The third kappa shape index (κ3) is 5.51. The molecule has 1 N–H and O–H groups in total. The van der Waals surface area contributed by atoms with E-state index in [9.17, 15) is 14.0 Å². The van der Waals surface area contributed by atoms with Crippen LogP contribution in [0.5, 0.6) is 0 Å². The second-order valence-electron chi connectivity index (χ2n) is 7.41. The van der Waals surface area contributed by atoms with Gasteiger partial charge in [0.15, 0.2) is 5.76 Å². The Hall–Kier alpha value is -3.61. The van der Waals surface area contributed by atoms with Crippen LogP contribution < -0.4 is 10.2 Å². The average Bonchev–Trinajstić information content (AvgIpc) is 3.28. The van der Waals surface area contributed by atoms with Gasteiger partial charge in [-0.1, -0.05) is 13.0 Å². The molecular formula is C24H26FN3O3. The Morgan fingerprint density at radius 3 is 2.52 bits per heavy atom. The fraction of sp³-hybridized carbons (Fsp3) is 0.250. The molecule has 0 atom stereocenters. The number of carbonyl (C=O) groups is 2. The van der Waals surface area contributed by atoms with Crippen molar-refractivity contribution in [2.45, 2.75) is 19.9 Å². The largest absolute Gasteiger partial charge is 0.459 e. The summed E-state index contributed by atoms with van der Waals surface area (Å²) >= 11 is 0. The zero-order valence-electron chi connectivity index (χ0n) is 17.9. The van der Waals surface area contributed by atoms with Crippen molar-refractivity contribution >= 4 is 23.2 Å². The molecule has 0 spiro atoms. The second-order valence-corrected chi connectivity index (χ2v) is 7.41. The van der Waals surface area contributed by atoms with Gasteiger partial charge in [0.1, 0.15) is 5.82 Å². The molecule has 0 fully saturated rings. The summed E-state index contributed by atoms with van der Waals surface area (Å²) in [6.07, 6.45) is 2.27. The van der Waals surface area contributed by atoms with Crippen LogP contribution in [0.1, 0.15) is 39.8 Å². The summed E-state index contributed by atoms with van der Waals surface area (Å²) in [5, 5.41) is 2.81. The average molecular weight is 423 g/mol. The molecule has 0 aliphatic rings. The molecule has 3 rings (SSSR count). The Kier molecular flexibility index (Phi) is 7.07. The van der Waals surface area contributed by atoms with E-state index in [4.69, 9.17) is 4.42 Å². The number of furan rings is 1. The van der Waals surface area contributed by atoms with Crippen LogP contribution in [0.2, 0.25) is 0 Å². The van der Waals surface area contributed by atoms with E-state index in [0.717, 1.165) is 17.7 Å². The van der Waals surface area contributed by atoms with Crippen molar-refractivity contribution in [1.29, 1.82) is 0 Å². The molecule has 31 heavy (non-hydrogen) atoms. The molecule has 1 aromatic heterocycles. The van der Waals surface area contributed by atoms with Crippen molar-refractivity contribution in [3.8, 4) is 0 Å². The molecule has 0 aliphatic carbocycles. The highest BCUT2D eigenvalue weighted by molar-refractivity contribution is 6.04. The van der Waals surface area contributed by atoms with Gasteiger partial charge in [-0.15, -0.1) is 0 Å². The lowest BCUT2D eigenvalue weighted by Crippen LogP contribution is -2.31. The maximum absolute atomic E-state index is 13.4. The van der Waals surface area contributed by atoms with Crippen molar-refractivity contribution in [2.24, 2.45) is 0 Å². The Balaban J connectivity index is 1.87.